The zero-order valence-electron chi connectivity index (χ0n) is 15.5. The lowest BCUT2D eigenvalue weighted by Gasteiger charge is -2.30. The molecule has 1 atom stereocenters. The van der Waals surface area contributed by atoms with E-state index in [-0.39, 0.29) is 5.78 Å². The number of hydrogen-bond acceptors (Lipinski definition) is 3. The van der Waals surface area contributed by atoms with E-state index >= 15 is 0 Å². The van der Waals surface area contributed by atoms with Crippen LogP contribution in [0.5, 0.6) is 0 Å². The van der Waals surface area contributed by atoms with E-state index in [2.05, 4.69) is 6.92 Å². The molecule has 0 bridgehead atoms. The van der Waals surface area contributed by atoms with Crippen molar-refractivity contribution in [3.8, 4) is 0 Å². The van der Waals surface area contributed by atoms with Gasteiger partial charge in [0.25, 0.3) is 0 Å². The van der Waals surface area contributed by atoms with Gasteiger partial charge in [0.1, 0.15) is 0 Å². The quantitative estimate of drug-likeness (QED) is 0.304. The number of allylic oxidation sites excluding steroid dienone is 2. The van der Waals surface area contributed by atoms with Crippen LogP contribution >= 0.6 is 0 Å². The van der Waals surface area contributed by atoms with Crippen LogP contribution < -0.4 is 0 Å². The van der Waals surface area contributed by atoms with Crippen molar-refractivity contribution in [3.63, 3.8) is 0 Å². The van der Waals surface area contributed by atoms with E-state index in [4.69, 9.17) is 9.47 Å². The van der Waals surface area contributed by atoms with Crippen LogP contribution in [0.2, 0.25) is 0 Å². The van der Waals surface area contributed by atoms with Gasteiger partial charge in [-0.05, 0) is 12.5 Å². The Bertz CT molecular complexity index is 589. The summed E-state index contributed by atoms with van der Waals surface area (Å²) in [7, 11) is 1.66. The highest BCUT2D eigenvalue weighted by molar-refractivity contribution is 6.10. The first-order valence-corrected chi connectivity index (χ1v) is 9.39. The van der Waals surface area contributed by atoms with E-state index in [1.54, 1.807) is 7.11 Å². The molecule has 3 nitrogen and oxygen atoms in total. The molecule has 1 aromatic carbocycles. The lowest BCUT2D eigenvalue weighted by molar-refractivity contribution is -0.186. The molecule has 0 fully saturated rings. The third kappa shape index (κ3) is 5.94. The van der Waals surface area contributed by atoms with Crippen molar-refractivity contribution in [1.29, 1.82) is 0 Å². The second-order valence-corrected chi connectivity index (χ2v) is 6.52. The van der Waals surface area contributed by atoms with E-state index < -0.39 is 5.79 Å². The van der Waals surface area contributed by atoms with Crippen LogP contribution in [0.15, 0.2) is 54.1 Å². The van der Waals surface area contributed by atoms with Crippen molar-refractivity contribution in [3.05, 3.63) is 59.7 Å². The second kappa shape index (κ2) is 10.3. The number of carbonyl (C=O) groups excluding carboxylic acids is 1. The summed E-state index contributed by atoms with van der Waals surface area (Å²) in [6, 6.07) is 9.34. The monoisotopic (exact) mass is 342 g/mol. The molecule has 1 aliphatic rings. The van der Waals surface area contributed by atoms with Gasteiger partial charge in [0.05, 0.1) is 6.61 Å². The number of unbranched alkanes of at least 4 members (excludes halogenated alkanes) is 5. The van der Waals surface area contributed by atoms with Gasteiger partial charge in [-0.15, -0.1) is 0 Å². The Kier molecular flexibility index (Phi) is 8.10. The average molecular weight is 342 g/mol. The highest BCUT2D eigenvalue weighted by Crippen LogP contribution is 2.27. The van der Waals surface area contributed by atoms with Gasteiger partial charge in [0, 0.05) is 24.7 Å². The molecule has 3 heteroatoms. The third-order valence-corrected chi connectivity index (χ3v) is 4.61. The zero-order valence-corrected chi connectivity index (χ0v) is 15.5. The lowest BCUT2D eigenvalue weighted by atomic mass is 9.95. The predicted octanol–water partition coefficient (Wildman–Crippen LogP) is 5.48. The second-order valence-electron chi connectivity index (χ2n) is 6.52. The number of hydrogen-bond donors (Lipinski definition) is 0. The molecule has 0 saturated heterocycles. The Hall–Kier alpha value is -1.71. The van der Waals surface area contributed by atoms with Crippen molar-refractivity contribution in [2.45, 2.75) is 57.7 Å². The van der Waals surface area contributed by atoms with Crippen LogP contribution in [0.25, 0.3) is 0 Å². The number of rotatable bonds is 11. The number of methoxy groups -OCH3 is 1. The topological polar surface area (TPSA) is 35.5 Å². The maximum atomic E-state index is 12.5. The molecule has 0 saturated carbocycles. The van der Waals surface area contributed by atoms with Crippen molar-refractivity contribution < 1.29 is 14.3 Å². The van der Waals surface area contributed by atoms with Crippen LogP contribution in [0.1, 0.15) is 62.2 Å². The molecule has 0 amide bonds. The predicted molar refractivity (Wildman–Crippen MR) is 102 cm³/mol. The number of ether oxygens (including phenoxy) is 2. The third-order valence-electron chi connectivity index (χ3n) is 4.61. The molecule has 0 radical (unpaired) electrons. The minimum absolute atomic E-state index is 0.0393. The van der Waals surface area contributed by atoms with Crippen LogP contribution in [-0.4, -0.2) is 25.3 Å². The van der Waals surface area contributed by atoms with Gasteiger partial charge in [-0.25, -0.2) is 0 Å². The maximum absolute atomic E-state index is 12.5. The van der Waals surface area contributed by atoms with Gasteiger partial charge >= 0.3 is 0 Å². The van der Waals surface area contributed by atoms with Crippen LogP contribution in [0.4, 0.5) is 0 Å². The fourth-order valence-corrected chi connectivity index (χ4v) is 2.97. The first-order chi connectivity index (χ1) is 12.2. The number of carbonyl (C=O) groups is 1. The smallest absolute Gasteiger partial charge is 0.192 e. The standard InChI is InChI=1S/C22H30O3/c1-3-4-5-6-7-11-18-25-22(24-2)16-14-20(15-17-22)21(23)19-12-9-8-10-13-19/h8-10,12-16H,3-7,11,17-18H2,1-2H3. The molecular formula is C22H30O3. The van der Waals surface area contributed by atoms with Gasteiger partial charge in [-0.3, -0.25) is 4.79 Å². The molecule has 0 heterocycles. The molecule has 1 unspecified atom stereocenters. The number of benzene rings is 1. The highest BCUT2D eigenvalue weighted by Gasteiger charge is 2.30. The molecular weight excluding hydrogens is 312 g/mol. The Labute approximate surface area is 151 Å². The van der Waals surface area contributed by atoms with E-state index in [9.17, 15) is 4.79 Å². The summed E-state index contributed by atoms with van der Waals surface area (Å²) in [6.07, 6.45) is 13.6. The minimum atomic E-state index is -0.732. The summed E-state index contributed by atoms with van der Waals surface area (Å²) < 4.78 is 11.6. The van der Waals surface area contributed by atoms with Gasteiger partial charge in [0.2, 0.25) is 0 Å². The van der Waals surface area contributed by atoms with E-state index in [0.717, 1.165) is 6.42 Å². The van der Waals surface area contributed by atoms with E-state index in [0.29, 0.717) is 24.2 Å². The zero-order chi connectivity index (χ0) is 18.0. The Morgan fingerprint density at radius 2 is 1.80 bits per heavy atom. The van der Waals surface area contributed by atoms with Gasteiger partial charge in [-0.2, -0.15) is 0 Å². The van der Waals surface area contributed by atoms with Gasteiger partial charge in [-0.1, -0.05) is 81.5 Å². The Morgan fingerprint density at radius 1 is 1.08 bits per heavy atom. The van der Waals surface area contributed by atoms with Crippen LogP contribution in [0.3, 0.4) is 0 Å². The van der Waals surface area contributed by atoms with Crippen LogP contribution in [-0.2, 0) is 9.47 Å². The first-order valence-electron chi connectivity index (χ1n) is 9.39. The molecule has 1 aromatic rings. The maximum Gasteiger partial charge on any atom is 0.192 e. The van der Waals surface area contributed by atoms with Crippen molar-refractivity contribution in [1.82, 2.24) is 0 Å². The molecule has 0 N–H and O–H groups in total. The summed E-state index contributed by atoms with van der Waals surface area (Å²) in [4.78, 5) is 12.5. The van der Waals surface area contributed by atoms with Gasteiger partial charge in [0.15, 0.2) is 11.6 Å². The molecule has 25 heavy (non-hydrogen) atoms. The summed E-state index contributed by atoms with van der Waals surface area (Å²) in [5, 5.41) is 0. The van der Waals surface area contributed by atoms with Gasteiger partial charge < -0.3 is 9.47 Å². The number of ketones is 1. The van der Waals surface area contributed by atoms with E-state index in [1.165, 1.54) is 32.1 Å². The summed E-state index contributed by atoms with van der Waals surface area (Å²) in [5.74, 6) is -0.693. The summed E-state index contributed by atoms with van der Waals surface area (Å²) >= 11 is 0. The average Bonchev–Trinajstić information content (AvgIpc) is 2.68. The molecule has 0 aliphatic heterocycles. The largest absolute Gasteiger partial charge is 0.349 e. The summed E-state index contributed by atoms with van der Waals surface area (Å²) in [5.41, 5.74) is 1.40. The number of Topliss-reactive ketones (excluding diaryl/α,β-unsaturated/α-hetero) is 1. The van der Waals surface area contributed by atoms with E-state index in [1.807, 2.05) is 48.6 Å². The fourth-order valence-electron chi connectivity index (χ4n) is 2.97. The SMILES string of the molecule is CCCCCCCCOC1(OC)C=CC(C(=O)c2ccccc2)=CC1. The minimum Gasteiger partial charge on any atom is -0.349 e. The fraction of sp³-hybridized carbons (Fsp3) is 0.500. The van der Waals surface area contributed by atoms with Crippen molar-refractivity contribution >= 4 is 5.78 Å². The highest BCUT2D eigenvalue weighted by atomic mass is 16.7. The van der Waals surface area contributed by atoms with Crippen molar-refractivity contribution in [2.24, 2.45) is 0 Å². The van der Waals surface area contributed by atoms with Crippen LogP contribution in [0, 0.1) is 0 Å². The Balaban J connectivity index is 1.81. The molecule has 0 aromatic heterocycles. The summed E-state index contributed by atoms with van der Waals surface area (Å²) in [6.45, 7) is 2.91. The van der Waals surface area contributed by atoms with Crippen molar-refractivity contribution in [2.75, 3.05) is 13.7 Å². The lowest BCUT2D eigenvalue weighted by Crippen LogP contribution is -2.34. The molecule has 0 spiro atoms. The first kappa shape index (κ1) is 19.6. The molecule has 136 valence electrons. The normalized spacial score (nSPS) is 19.7. The Morgan fingerprint density at radius 3 is 2.44 bits per heavy atom. The molecule has 1 aliphatic carbocycles. The molecule has 2 rings (SSSR count).